The van der Waals surface area contributed by atoms with Gasteiger partial charge in [0, 0.05) is 10.2 Å². The maximum absolute atomic E-state index is 13.9. The van der Waals surface area contributed by atoms with Gasteiger partial charge in [0.1, 0.15) is 18.1 Å². The van der Waals surface area contributed by atoms with Crippen LogP contribution in [0.5, 0.6) is 5.75 Å². The maximum Gasteiger partial charge on any atom is 0.278 e. The lowest BCUT2D eigenvalue weighted by molar-refractivity contribution is -0.117. The summed E-state index contributed by atoms with van der Waals surface area (Å²) in [7, 11) is 0. The highest BCUT2D eigenvalue weighted by atomic mass is 79.9. The topological polar surface area (TPSA) is 98.1 Å². The van der Waals surface area contributed by atoms with Gasteiger partial charge >= 0.3 is 0 Å². The van der Waals surface area contributed by atoms with Crippen molar-refractivity contribution in [2.75, 3.05) is 17.2 Å². The number of carbonyl (C=O) groups excluding carboxylic acids is 2. The van der Waals surface area contributed by atoms with Crippen molar-refractivity contribution in [1.29, 1.82) is 0 Å². The molecule has 8 nitrogen and oxygen atoms in total. The van der Waals surface area contributed by atoms with Crippen molar-refractivity contribution >= 4 is 39.1 Å². The predicted octanol–water partition coefficient (Wildman–Crippen LogP) is 3.78. The van der Waals surface area contributed by atoms with Crippen LogP contribution in [0.1, 0.15) is 23.1 Å². The van der Waals surface area contributed by atoms with E-state index in [0.717, 1.165) is 0 Å². The highest BCUT2D eigenvalue weighted by molar-refractivity contribution is 9.10. The van der Waals surface area contributed by atoms with Crippen LogP contribution in [0.25, 0.3) is 0 Å². The Morgan fingerprint density at radius 2 is 1.90 bits per heavy atom. The van der Waals surface area contributed by atoms with E-state index < -0.39 is 17.6 Å². The number of nitrogens with zero attached hydrogens (tertiary/aromatic N) is 3. The van der Waals surface area contributed by atoms with Gasteiger partial charge in [0.05, 0.1) is 18.0 Å². The minimum atomic E-state index is -0.566. The first-order chi connectivity index (χ1) is 14.4. The summed E-state index contributed by atoms with van der Waals surface area (Å²) >= 11 is 3.16. The Hall–Kier alpha value is -3.27. The molecule has 0 atom stereocenters. The van der Waals surface area contributed by atoms with Crippen molar-refractivity contribution in [2.24, 2.45) is 0 Å². The molecular formula is C20H19BrFN5O3. The van der Waals surface area contributed by atoms with Crippen molar-refractivity contribution < 1.29 is 18.7 Å². The molecule has 0 unspecified atom stereocenters. The fourth-order valence-electron chi connectivity index (χ4n) is 2.63. The predicted molar refractivity (Wildman–Crippen MR) is 113 cm³/mol. The molecule has 0 fully saturated rings. The molecule has 2 aromatic carbocycles. The lowest BCUT2D eigenvalue weighted by Crippen LogP contribution is -2.21. The molecule has 0 aliphatic carbocycles. The van der Waals surface area contributed by atoms with Gasteiger partial charge in [-0.25, -0.2) is 9.07 Å². The lowest BCUT2D eigenvalue weighted by Gasteiger charge is -2.08. The molecule has 30 heavy (non-hydrogen) atoms. The van der Waals surface area contributed by atoms with Crippen LogP contribution in [-0.2, 0) is 11.3 Å². The number of anilines is 2. The third-order valence-electron chi connectivity index (χ3n) is 4.12. The first kappa shape index (κ1) is 21.4. The van der Waals surface area contributed by atoms with Crippen LogP contribution in [0, 0.1) is 12.7 Å². The average Bonchev–Trinajstić information content (AvgIpc) is 3.06. The van der Waals surface area contributed by atoms with Crippen molar-refractivity contribution in [3.05, 3.63) is 64.1 Å². The standard InChI is InChI=1S/C20H19BrFN5O3/c1-3-30-15-7-5-14(6-8-15)23-20(29)19-12(2)27(26-25-19)11-18(28)24-17-9-4-13(21)10-16(17)22/h4-10H,3,11H2,1-2H3,(H,23,29)(H,24,28). The average molecular weight is 476 g/mol. The first-order valence-corrected chi connectivity index (χ1v) is 9.86. The molecule has 0 saturated carbocycles. The molecule has 10 heteroatoms. The second kappa shape index (κ2) is 9.49. The largest absolute Gasteiger partial charge is 0.494 e. The fourth-order valence-corrected chi connectivity index (χ4v) is 2.96. The first-order valence-electron chi connectivity index (χ1n) is 9.06. The summed E-state index contributed by atoms with van der Waals surface area (Å²) in [6, 6.07) is 11.2. The number of carbonyl (C=O) groups is 2. The molecule has 2 N–H and O–H groups in total. The number of hydrogen-bond donors (Lipinski definition) is 2. The molecule has 156 valence electrons. The molecular weight excluding hydrogens is 457 g/mol. The minimum Gasteiger partial charge on any atom is -0.494 e. The second-order valence-electron chi connectivity index (χ2n) is 6.26. The van der Waals surface area contributed by atoms with Crippen LogP contribution in [0.2, 0.25) is 0 Å². The van der Waals surface area contributed by atoms with Gasteiger partial charge in [0.15, 0.2) is 5.69 Å². The van der Waals surface area contributed by atoms with E-state index in [1.807, 2.05) is 6.92 Å². The number of halogens is 2. The minimum absolute atomic E-state index is 0.0504. The molecule has 3 rings (SSSR count). The molecule has 1 heterocycles. The Morgan fingerprint density at radius 1 is 1.17 bits per heavy atom. The number of hydrogen-bond acceptors (Lipinski definition) is 5. The Kier molecular flexibility index (Phi) is 6.78. The highest BCUT2D eigenvalue weighted by Gasteiger charge is 2.18. The Labute approximate surface area is 180 Å². The van der Waals surface area contributed by atoms with Crippen LogP contribution < -0.4 is 15.4 Å². The van der Waals surface area contributed by atoms with Gasteiger partial charge < -0.3 is 15.4 Å². The van der Waals surface area contributed by atoms with Gasteiger partial charge in [-0.05, 0) is 56.3 Å². The Morgan fingerprint density at radius 3 is 2.57 bits per heavy atom. The molecule has 0 spiro atoms. The van der Waals surface area contributed by atoms with E-state index in [2.05, 4.69) is 36.9 Å². The summed E-state index contributed by atoms with van der Waals surface area (Å²) in [6.45, 7) is 3.85. The van der Waals surface area contributed by atoms with Gasteiger partial charge in [-0.1, -0.05) is 21.1 Å². The maximum atomic E-state index is 13.9. The molecule has 2 amide bonds. The van der Waals surface area contributed by atoms with E-state index in [1.54, 1.807) is 37.3 Å². The Balaban J connectivity index is 1.64. The van der Waals surface area contributed by atoms with Crippen LogP contribution in [-0.4, -0.2) is 33.4 Å². The zero-order valence-electron chi connectivity index (χ0n) is 16.3. The molecule has 0 saturated heterocycles. The van der Waals surface area contributed by atoms with Crippen LogP contribution in [0.3, 0.4) is 0 Å². The van der Waals surface area contributed by atoms with E-state index in [1.165, 1.54) is 16.8 Å². The molecule has 0 aliphatic rings. The summed E-state index contributed by atoms with van der Waals surface area (Å²) in [6.07, 6.45) is 0. The molecule has 0 bridgehead atoms. The summed E-state index contributed by atoms with van der Waals surface area (Å²) in [5.41, 5.74) is 1.12. The molecule has 0 radical (unpaired) electrons. The number of benzene rings is 2. The number of nitrogens with one attached hydrogen (secondary N) is 2. The molecule has 1 aromatic heterocycles. The van der Waals surface area contributed by atoms with E-state index in [-0.39, 0.29) is 17.9 Å². The number of aromatic nitrogens is 3. The monoisotopic (exact) mass is 475 g/mol. The van der Waals surface area contributed by atoms with E-state index in [0.29, 0.717) is 28.2 Å². The van der Waals surface area contributed by atoms with Crippen LogP contribution >= 0.6 is 15.9 Å². The van der Waals surface area contributed by atoms with Crippen LogP contribution in [0.15, 0.2) is 46.9 Å². The van der Waals surface area contributed by atoms with Crippen LogP contribution in [0.4, 0.5) is 15.8 Å². The zero-order chi connectivity index (χ0) is 21.7. The second-order valence-corrected chi connectivity index (χ2v) is 7.18. The van der Waals surface area contributed by atoms with Gasteiger partial charge in [0.2, 0.25) is 5.91 Å². The van der Waals surface area contributed by atoms with Gasteiger partial charge in [0.25, 0.3) is 5.91 Å². The third-order valence-corrected chi connectivity index (χ3v) is 4.61. The normalized spacial score (nSPS) is 10.5. The third kappa shape index (κ3) is 5.20. The van der Waals surface area contributed by atoms with Crippen molar-refractivity contribution in [3.63, 3.8) is 0 Å². The number of rotatable bonds is 7. The number of ether oxygens (including phenoxy) is 1. The summed E-state index contributed by atoms with van der Waals surface area (Å²) < 4.78 is 21.1. The molecule has 3 aromatic rings. The quantitative estimate of drug-likeness (QED) is 0.541. The molecule has 0 aliphatic heterocycles. The zero-order valence-corrected chi connectivity index (χ0v) is 17.9. The van der Waals surface area contributed by atoms with Gasteiger partial charge in [-0.2, -0.15) is 0 Å². The van der Waals surface area contributed by atoms with E-state index >= 15 is 0 Å². The van der Waals surface area contributed by atoms with Crippen molar-refractivity contribution in [3.8, 4) is 5.75 Å². The fraction of sp³-hybridized carbons (Fsp3) is 0.200. The smallest absolute Gasteiger partial charge is 0.278 e. The Bertz CT molecular complexity index is 1070. The summed E-state index contributed by atoms with van der Waals surface area (Å²) in [4.78, 5) is 24.7. The van der Waals surface area contributed by atoms with Gasteiger partial charge in [-0.3, -0.25) is 9.59 Å². The van der Waals surface area contributed by atoms with Crippen molar-refractivity contribution in [2.45, 2.75) is 20.4 Å². The van der Waals surface area contributed by atoms with Gasteiger partial charge in [-0.15, -0.1) is 5.10 Å². The summed E-state index contributed by atoms with van der Waals surface area (Å²) in [5, 5.41) is 12.9. The summed E-state index contributed by atoms with van der Waals surface area (Å²) in [5.74, 6) is -0.820. The number of amides is 2. The van der Waals surface area contributed by atoms with E-state index in [9.17, 15) is 14.0 Å². The SMILES string of the molecule is CCOc1ccc(NC(=O)c2nnn(CC(=O)Nc3ccc(Br)cc3F)c2C)cc1. The van der Waals surface area contributed by atoms with Crippen molar-refractivity contribution in [1.82, 2.24) is 15.0 Å². The van der Waals surface area contributed by atoms with E-state index in [4.69, 9.17) is 4.74 Å². The highest BCUT2D eigenvalue weighted by Crippen LogP contribution is 2.20. The lowest BCUT2D eigenvalue weighted by atomic mass is 10.2.